The monoisotopic (exact) mass is 377 g/mol. The summed E-state index contributed by atoms with van der Waals surface area (Å²) in [4.78, 5) is 0. The van der Waals surface area contributed by atoms with Gasteiger partial charge in [-0.15, -0.1) is 0 Å². The summed E-state index contributed by atoms with van der Waals surface area (Å²) in [6.45, 7) is 4.03. The second-order valence-corrected chi connectivity index (χ2v) is 7.62. The first kappa shape index (κ1) is 24.2. The molecular formula is C22H40BNO3. The van der Waals surface area contributed by atoms with Crippen LogP contribution in [0.1, 0.15) is 90.9 Å². The Bertz CT molecular complexity index is 444. The molecule has 0 amide bonds. The molecular weight excluding hydrogens is 337 g/mol. The molecule has 4 nitrogen and oxygen atoms in total. The minimum atomic E-state index is -0.640. The largest absolute Gasteiger partial charge is 0.511 e. The summed E-state index contributed by atoms with van der Waals surface area (Å²) in [5.74, 6) is 5.41. The Morgan fingerprint density at radius 1 is 0.889 bits per heavy atom. The van der Waals surface area contributed by atoms with E-state index >= 15 is 0 Å². The topological polar surface area (TPSA) is 64.7 Å². The fourth-order valence-corrected chi connectivity index (χ4v) is 3.39. The lowest BCUT2D eigenvalue weighted by atomic mass is 9.78. The molecule has 0 saturated heterocycles. The van der Waals surface area contributed by atoms with Crippen LogP contribution >= 0.6 is 0 Å². The highest BCUT2D eigenvalue weighted by Crippen LogP contribution is 2.15. The Labute approximate surface area is 166 Å². The number of hydrogen-bond donors (Lipinski definition) is 2. The minimum absolute atomic E-state index is 0.266. The van der Waals surface area contributed by atoms with E-state index in [4.69, 9.17) is 15.3 Å². The van der Waals surface area contributed by atoms with Gasteiger partial charge in [0.05, 0.1) is 12.2 Å². The molecule has 0 aliphatic carbocycles. The van der Waals surface area contributed by atoms with Gasteiger partial charge in [0.15, 0.2) is 0 Å². The maximum atomic E-state index is 10.0. The number of aliphatic hydroxyl groups excluding tert-OH is 1. The lowest BCUT2D eigenvalue weighted by Crippen LogP contribution is -2.44. The smallest absolute Gasteiger partial charge is 0.401 e. The van der Waals surface area contributed by atoms with Crippen LogP contribution in [0.15, 0.2) is 30.3 Å². The van der Waals surface area contributed by atoms with Crippen LogP contribution in [0.4, 0.5) is 0 Å². The van der Waals surface area contributed by atoms with Crippen molar-refractivity contribution in [3.63, 3.8) is 0 Å². The van der Waals surface area contributed by atoms with Gasteiger partial charge in [-0.1, -0.05) is 108 Å². The summed E-state index contributed by atoms with van der Waals surface area (Å²) in [7, 11) is -0.640. The first-order chi connectivity index (χ1) is 13.2. The van der Waals surface area contributed by atoms with Gasteiger partial charge < -0.3 is 14.5 Å². The lowest BCUT2D eigenvalue weighted by molar-refractivity contribution is 0.0247. The van der Waals surface area contributed by atoms with Gasteiger partial charge in [0, 0.05) is 0 Å². The van der Waals surface area contributed by atoms with Crippen molar-refractivity contribution in [3.8, 4) is 0 Å². The highest BCUT2D eigenvalue weighted by molar-refractivity contribution is 6.61. The second-order valence-electron chi connectivity index (χ2n) is 7.62. The molecule has 0 spiro atoms. The van der Waals surface area contributed by atoms with Crippen LogP contribution in [0.25, 0.3) is 0 Å². The van der Waals surface area contributed by atoms with Crippen molar-refractivity contribution in [2.75, 3.05) is 0 Å². The number of nitrogens with two attached hydrogens (primary N) is 1. The van der Waals surface area contributed by atoms with Crippen LogP contribution < -0.4 is 11.4 Å². The van der Waals surface area contributed by atoms with E-state index in [0.717, 1.165) is 18.3 Å². The molecule has 1 rings (SSSR count). The first-order valence-electron chi connectivity index (χ1n) is 10.9. The molecule has 0 aliphatic heterocycles. The summed E-state index contributed by atoms with van der Waals surface area (Å²) < 4.78 is 10.9. The molecule has 0 heterocycles. The predicted molar refractivity (Wildman–Crippen MR) is 115 cm³/mol. The van der Waals surface area contributed by atoms with Gasteiger partial charge >= 0.3 is 7.12 Å². The van der Waals surface area contributed by atoms with Gasteiger partial charge in [-0.05, 0) is 18.8 Å². The highest BCUT2D eigenvalue weighted by atomic mass is 16.7. The van der Waals surface area contributed by atoms with Gasteiger partial charge in [-0.25, -0.2) is 5.90 Å². The number of hydrogen-bond acceptors (Lipinski definition) is 4. The zero-order valence-electron chi connectivity index (χ0n) is 17.4. The standard InChI is InChI=1S/C22H40BNO3/c1-3-4-5-6-7-8-9-10-11-12-16-19-22(20(2)25)26-23(27-24)21-17-14-13-15-18-21/h13-15,17-18,20,22,25H,3-12,16,19,24H2,1-2H3. The molecule has 3 N–H and O–H groups in total. The van der Waals surface area contributed by atoms with Crippen molar-refractivity contribution in [2.24, 2.45) is 5.90 Å². The summed E-state index contributed by atoms with van der Waals surface area (Å²) in [5, 5.41) is 10.0. The van der Waals surface area contributed by atoms with Crippen molar-refractivity contribution < 1.29 is 14.5 Å². The quantitative estimate of drug-likeness (QED) is 0.234. The average Bonchev–Trinajstić information content (AvgIpc) is 2.69. The zero-order chi connectivity index (χ0) is 19.7. The highest BCUT2D eigenvalue weighted by Gasteiger charge is 2.27. The third-order valence-electron chi connectivity index (χ3n) is 5.12. The van der Waals surface area contributed by atoms with Gasteiger partial charge in [0.2, 0.25) is 0 Å². The second kappa shape index (κ2) is 16.1. The predicted octanol–water partition coefficient (Wildman–Crippen LogP) is 4.74. The van der Waals surface area contributed by atoms with Crippen LogP contribution in [0, 0.1) is 0 Å². The molecule has 0 radical (unpaired) electrons. The van der Waals surface area contributed by atoms with Gasteiger partial charge in [-0.3, -0.25) is 0 Å². The van der Waals surface area contributed by atoms with E-state index in [-0.39, 0.29) is 6.10 Å². The van der Waals surface area contributed by atoms with Crippen molar-refractivity contribution in [2.45, 2.75) is 103 Å². The maximum Gasteiger partial charge on any atom is 0.511 e. The Morgan fingerprint density at radius 2 is 1.41 bits per heavy atom. The third kappa shape index (κ3) is 11.5. The van der Waals surface area contributed by atoms with E-state index in [2.05, 4.69) is 6.92 Å². The zero-order valence-corrected chi connectivity index (χ0v) is 17.4. The van der Waals surface area contributed by atoms with Gasteiger partial charge in [0.1, 0.15) is 0 Å². The number of unbranched alkanes of at least 4 members (excludes halogenated alkanes) is 10. The van der Waals surface area contributed by atoms with Gasteiger partial charge in [-0.2, -0.15) is 0 Å². The van der Waals surface area contributed by atoms with E-state index in [0.29, 0.717) is 0 Å². The number of benzene rings is 1. The Kier molecular flexibility index (Phi) is 14.4. The molecule has 0 aliphatic rings. The molecule has 5 heteroatoms. The molecule has 1 aromatic carbocycles. The van der Waals surface area contributed by atoms with Crippen molar-refractivity contribution in [1.29, 1.82) is 0 Å². The molecule has 2 unspecified atom stereocenters. The van der Waals surface area contributed by atoms with Crippen LogP contribution in [-0.4, -0.2) is 24.4 Å². The van der Waals surface area contributed by atoms with Crippen LogP contribution in [0.5, 0.6) is 0 Å². The van der Waals surface area contributed by atoms with Crippen LogP contribution in [0.3, 0.4) is 0 Å². The molecule has 154 valence electrons. The van der Waals surface area contributed by atoms with E-state index in [1.165, 1.54) is 64.2 Å². The summed E-state index contributed by atoms with van der Waals surface area (Å²) >= 11 is 0. The molecule has 0 bridgehead atoms. The fraction of sp³-hybridized carbons (Fsp3) is 0.727. The van der Waals surface area contributed by atoms with E-state index in [9.17, 15) is 5.11 Å². The number of rotatable bonds is 17. The van der Waals surface area contributed by atoms with E-state index in [1.54, 1.807) is 6.92 Å². The summed E-state index contributed by atoms with van der Waals surface area (Å²) in [6.07, 6.45) is 14.4. The molecule has 0 fully saturated rings. The molecule has 0 saturated carbocycles. The number of aliphatic hydroxyl groups is 1. The fourth-order valence-electron chi connectivity index (χ4n) is 3.39. The maximum absolute atomic E-state index is 10.0. The SMILES string of the molecule is CCCCCCCCCCCCCC(OB(ON)c1ccccc1)C(C)O. The summed E-state index contributed by atoms with van der Waals surface area (Å²) in [6, 6.07) is 9.62. The van der Waals surface area contributed by atoms with Gasteiger partial charge in [0.25, 0.3) is 0 Å². The van der Waals surface area contributed by atoms with Crippen molar-refractivity contribution in [3.05, 3.63) is 30.3 Å². The normalized spacial score (nSPS) is 13.5. The minimum Gasteiger partial charge on any atom is -0.401 e. The lowest BCUT2D eigenvalue weighted by Gasteiger charge is -2.24. The van der Waals surface area contributed by atoms with E-state index in [1.807, 2.05) is 30.3 Å². The summed E-state index contributed by atoms with van der Waals surface area (Å²) in [5.41, 5.74) is 0.865. The van der Waals surface area contributed by atoms with Crippen LogP contribution in [-0.2, 0) is 9.41 Å². The molecule has 1 aromatic rings. The Morgan fingerprint density at radius 3 is 1.89 bits per heavy atom. The van der Waals surface area contributed by atoms with Crippen LogP contribution in [0.2, 0.25) is 0 Å². The first-order valence-corrected chi connectivity index (χ1v) is 10.9. The molecule has 27 heavy (non-hydrogen) atoms. The Hall–Kier alpha value is -0.875. The molecule has 2 atom stereocenters. The Balaban J connectivity index is 2.16. The third-order valence-corrected chi connectivity index (χ3v) is 5.12. The average molecular weight is 377 g/mol. The van der Waals surface area contributed by atoms with Crippen molar-refractivity contribution in [1.82, 2.24) is 0 Å². The van der Waals surface area contributed by atoms with Crippen molar-refractivity contribution >= 4 is 12.6 Å². The van der Waals surface area contributed by atoms with E-state index < -0.39 is 13.2 Å². The molecule has 0 aromatic heterocycles.